The van der Waals surface area contributed by atoms with Crippen molar-refractivity contribution in [3.8, 4) is 0 Å². The Kier molecular flexibility index (Phi) is 4.28. The van der Waals surface area contributed by atoms with E-state index in [-0.39, 0.29) is 25.1 Å². The van der Waals surface area contributed by atoms with Gasteiger partial charge in [0.15, 0.2) is 0 Å². The summed E-state index contributed by atoms with van der Waals surface area (Å²) in [5.74, 6) is -0.472. The third-order valence-electron chi connectivity index (χ3n) is 3.30. The van der Waals surface area contributed by atoms with Crippen LogP contribution in [0.5, 0.6) is 0 Å². The fraction of sp³-hybridized carbons (Fsp3) is 0.636. The number of piperidine rings is 1. The average molecular weight is 260 g/mol. The molecule has 7 heteroatoms. The maximum atomic E-state index is 12.9. The Hall–Kier alpha value is -1.63. The van der Waals surface area contributed by atoms with Gasteiger partial charge in [0.05, 0.1) is 18.9 Å². The lowest BCUT2D eigenvalue weighted by atomic mass is 9.77. The van der Waals surface area contributed by atoms with Gasteiger partial charge >= 0.3 is 6.09 Å². The first-order valence-corrected chi connectivity index (χ1v) is 5.46. The molecule has 0 saturated carbocycles. The van der Waals surface area contributed by atoms with Crippen LogP contribution in [-0.2, 0) is 9.63 Å². The Morgan fingerprint density at radius 2 is 2.22 bits per heavy atom. The van der Waals surface area contributed by atoms with E-state index in [0.717, 1.165) is 9.96 Å². The first-order valence-electron chi connectivity index (χ1n) is 5.46. The third-order valence-corrected chi connectivity index (χ3v) is 3.30. The molecule has 2 amide bonds. The molecule has 0 radical (unpaired) electrons. The molecule has 1 heterocycles. The van der Waals surface area contributed by atoms with Crippen LogP contribution in [0.4, 0.5) is 9.18 Å². The molecule has 0 aliphatic carbocycles. The van der Waals surface area contributed by atoms with Crippen LogP contribution in [0.1, 0.15) is 13.3 Å². The highest BCUT2D eigenvalue weighted by Crippen LogP contribution is 2.36. The zero-order chi connectivity index (χ0) is 13.9. The van der Waals surface area contributed by atoms with Gasteiger partial charge in [0, 0.05) is 20.1 Å². The van der Waals surface area contributed by atoms with Crippen molar-refractivity contribution < 1.29 is 23.9 Å². The number of hydroxylamine groups is 2. The van der Waals surface area contributed by atoms with E-state index in [2.05, 4.69) is 0 Å². The molecule has 0 bridgehead atoms. The molecule has 1 aliphatic heterocycles. The number of nitrogens with zero attached hydrogens (tertiary/aromatic N) is 2. The number of amides is 2. The minimum Gasteiger partial charge on any atom is -0.465 e. The van der Waals surface area contributed by atoms with Crippen LogP contribution >= 0.6 is 0 Å². The van der Waals surface area contributed by atoms with E-state index in [1.807, 2.05) is 0 Å². The third kappa shape index (κ3) is 2.45. The maximum absolute atomic E-state index is 12.9. The van der Waals surface area contributed by atoms with E-state index < -0.39 is 17.4 Å². The Balaban J connectivity index is 3.05. The van der Waals surface area contributed by atoms with Crippen LogP contribution in [-0.4, -0.2) is 54.3 Å². The number of carboxylic acid groups (broad SMARTS) is 1. The van der Waals surface area contributed by atoms with Gasteiger partial charge in [-0.2, -0.15) is 0 Å². The number of hydrogen-bond acceptors (Lipinski definition) is 3. The molecule has 1 rings (SSSR count). The van der Waals surface area contributed by atoms with Crippen LogP contribution in [0.2, 0.25) is 0 Å². The van der Waals surface area contributed by atoms with Crippen LogP contribution in [0, 0.1) is 5.41 Å². The average Bonchev–Trinajstić information content (AvgIpc) is 2.36. The summed E-state index contributed by atoms with van der Waals surface area (Å²) in [6.45, 7) is 1.63. The van der Waals surface area contributed by atoms with Crippen molar-refractivity contribution in [3.63, 3.8) is 0 Å². The van der Waals surface area contributed by atoms with E-state index in [0.29, 0.717) is 6.33 Å². The summed E-state index contributed by atoms with van der Waals surface area (Å²) in [6.07, 6.45) is -0.532. The van der Waals surface area contributed by atoms with Gasteiger partial charge in [0.2, 0.25) is 0 Å². The molecule has 0 aromatic heterocycles. The van der Waals surface area contributed by atoms with Crippen molar-refractivity contribution in [3.05, 3.63) is 11.9 Å². The summed E-state index contributed by atoms with van der Waals surface area (Å²) in [6, 6.07) is 0. The molecule has 1 saturated heterocycles. The van der Waals surface area contributed by atoms with Crippen LogP contribution in [0.25, 0.3) is 0 Å². The molecular formula is C11H17FN2O4. The molecule has 1 atom stereocenters. The number of carbonyl (C=O) groups is 2. The van der Waals surface area contributed by atoms with E-state index in [1.165, 1.54) is 21.1 Å². The minimum atomic E-state index is -1.23. The highest BCUT2D eigenvalue weighted by molar-refractivity contribution is 5.85. The summed E-state index contributed by atoms with van der Waals surface area (Å²) >= 11 is 0. The largest absolute Gasteiger partial charge is 0.465 e. The molecule has 0 spiro atoms. The van der Waals surface area contributed by atoms with Gasteiger partial charge in [-0.25, -0.2) is 14.2 Å². The first-order chi connectivity index (χ1) is 8.36. The number of likely N-dealkylation sites (tertiary alicyclic amines) is 1. The highest BCUT2D eigenvalue weighted by Gasteiger charge is 2.45. The SMILES string of the molecule is CON(C)C(=O)C1(C)CN(C(=O)O)CCC1=CF. The molecule has 0 aromatic rings. The van der Waals surface area contributed by atoms with Gasteiger partial charge in [-0.15, -0.1) is 0 Å². The Morgan fingerprint density at radius 1 is 1.61 bits per heavy atom. The number of halogens is 1. The fourth-order valence-corrected chi connectivity index (χ4v) is 2.07. The highest BCUT2D eigenvalue weighted by atomic mass is 19.1. The van der Waals surface area contributed by atoms with Gasteiger partial charge < -0.3 is 10.0 Å². The van der Waals surface area contributed by atoms with Crippen molar-refractivity contribution in [1.29, 1.82) is 0 Å². The summed E-state index contributed by atoms with van der Waals surface area (Å²) in [5.41, 5.74) is -0.940. The smallest absolute Gasteiger partial charge is 0.407 e. The minimum absolute atomic E-state index is 0.0788. The van der Waals surface area contributed by atoms with E-state index >= 15 is 0 Å². The van der Waals surface area contributed by atoms with Crippen LogP contribution in [0.3, 0.4) is 0 Å². The van der Waals surface area contributed by atoms with E-state index in [4.69, 9.17) is 9.94 Å². The maximum Gasteiger partial charge on any atom is 0.407 e. The molecule has 1 unspecified atom stereocenters. The summed E-state index contributed by atoms with van der Waals surface area (Å²) in [5, 5.41) is 9.94. The molecule has 102 valence electrons. The second-order valence-corrected chi connectivity index (χ2v) is 4.41. The van der Waals surface area contributed by atoms with Crippen molar-refractivity contribution >= 4 is 12.0 Å². The molecule has 6 nitrogen and oxygen atoms in total. The lowest BCUT2D eigenvalue weighted by molar-refractivity contribution is -0.178. The molecule has 1 fully saturated rings. The second kappa shape index (κ2) is 5.34. The quantitative estimate of drug-likeness (QED) is 0.758. The van der Waals surface area contributed by atoms with E-state index in [9.17, 15) is 14.0 Å². The van der Waals surface area contributed by atoms with E-state index in [1.54, 1.807) is 0 Å². The lowest BCUT2D eigenvalue weighted by Crippen LogP contribution is -2.53. The zero-order valence-electron chi connectivity index (χ0n) is 10.6. The normalized spacial score (nSPS) is 26.2. The second-order valence-electron chi connectivity index (χ2n) is 4.41. The predicted molar refractivity (Wildman–Crippen MR) is 61.3 cm³/mol. The van der Waals surface area contributed by atoms with Gasteiger partial charge in [0.25, 0.3) is 5.91 Å². The standard InChI is InChI=1S/C11H17FN2O4/c1-11(9(15)13(2)18-3)7-14(10(16)17)5-4-8(11)6-12/h6H,4-5,7H2,1-3H3,(H,16,17). The Bertz CT molecular complexity index is 385. The number of rotatable bonds is 2. The molecule has 0 aromatic carbocycles. The lowest BCUT2D eigenvalue weighted by Gasteiger charge is -2.40. The predicted octanol–water partition coefficient (Wildman–Crippen LogP) is 1.25. The summed E-state index contributed by atoms with van der Waals surface area (Å²) < 4.78 is 12.9. The summed E-state index contributed by atoms with van der Waals surface area (Å²) in [4.78, 5) is 29.0. The fourth-order valence-electron chi connectivity index (χ4n) is 2.07. The molecular weight excluding hydrogens is 243 g/mol. The first kappa shape index (κ1) is 14.4. The van der Waals surface area contributed by atoms with Crippen LogP contribution in [0.15, 0.2) is 11.9 Å². The number of hydrogen-bond donors (Lipinski definition) is 1. The van der Waals surface area contributed by atoms with Crippen molar-refractivity contribution in [2.45, 2.75) is 13.3 Å². The topological polar surface area (TPSA) is 70.1 Å². The van der Waals surface area contributed by atoms with Gasteiger partial charge in [-0.3, -0.25) is 9.63 Å². The van der Waals surface area contributed by atoms with Crippen molar-refractivity contribution in [2.24, 2.45) is 5.41 Å². The molecule has 1 N–H and O–H groups in total. The monoisotopic (exact) mass is 260 g/mol. The Morgan fingerprint density at radius 3 is 2.67 bits per heavy atom. The van der Waals surface area contributed by atoms with Gasteiger partial charge in [-0.1, -0.05) is 0 Å². The number of carbonyl (C=O) groups excluding carboxylic acids is 1. The van der Waals surface area contributed by atoms with Gasteiger partial charge in [-0.05, 0) is 18.9 Å². The van der Waals surface area contributed by atoms with Gasteiger partial charge in [0.1, 0.15) is 0 Å². The summed E-state index contributed by atoms with van der Waals surface area (Å²) in [7, 11) is 2.72. The van der Waals surface area contributed by atoms with Crippen molar-refractivity contribution in [1.82, 2.24) is 9.96 Å². The zero-order valence-corrected chi connectivity index (χ0v) is 10.6. The van der Waals surface area contributed by atoms with Crippen molar-refractivity contribution in [2.75, 3.05) is 27.2 Å². The van der Waals surface area contributed by atoms with Crippen LogP contribution < -0.4 is 0 Å². The Labute approximate surface area is 105 Å². The molecule has 1 aliphatic rings. The molecule has 18 heavy (non-hydrogen) atoms.